The lowest BCUT2D eigenvalue weighted by molar-refractivity contribution is 0.542. The molecule has 0 saturated heterocycles. The van der Waals surface area contributed by atoms with E-state index in [1.165, 1.54) is 18.2 Å². The van der Waals surface area contributed by atoms with Gasteiger partial charge in [0.25, 0.3) is 0 Å². The summed E-state index contributed by atoms with van der Waals surface area (Å²) in [4.78, 5) is 0. The smallest absolute Gasteiger partial charge is 0.142 e. The van der Waals surface area contributed by atoms with Crippen molar-refractivity contribution >= 4 is 11.6 Å². The van der Waals surface area contributed by atoms with Gasteiger partial charge in [0.2, 0.25) is 0 Å². The van der Waals surface area contributed by atoms with Crippen molar-refractivity contribution < 1.29 is 8.78 Å². The van der Waals surface area contributed by atoms with Crippen LogP contribution in [0.1, 0.15) is 29.7 Å². The Labute approximate surface area is 128 Å². The molecule has 21 heavy (non-hydrogen) atoms. The van der Waals surface area contributed by atoms with E-state index < -0.39 is 5.82 Å². The monoisotopic (exact) mass is 309 g/mol. The van der Waals surface area contributed by atoms with Crippen LogP contribution in [0.25, 0.3) is 0 Å². The molecule has 112 valence electrons. The predicted octanol–water partition coefficient (Wildman–Crippen LogP) is 4.82. The number of benzene rings is 2. The average Bonchev–Trinajstić information content (AvgIpc) is 2.43. The highest BCUT2D eigenvalue weighted by molar-refractivity contribution is 6.31. The third-order valence-electron chi connectivity index (χ3n) is 3.51. The Kier molecular flexibility index (Phi) is 5.32. The summed E-state index contributed by atoms with van der Waals surface area (Å²) < 4.78 is 26.8. The summed E-state index contributed by atoms with van der Waals surface area (Å²) in [5.74, 6) is -0.671. The Morgan fingerprint density at radius 1 is 1.19 bits per heavy atom. The molecule has 0 aliphatic rings. The Morgan fingerprint density at radius 3 is 2.62 bits per heavy atom. The van der Waals surface area contributed by atoms with E-state index in [4.69, 9.17) is 11.6 Å². The number of hydrogen-bond acceptors (Lipinski definition) is 1. The molecule has 0 spiro atoms. The lowest BCUT2D eigenvalue weighted by Crippen LogP contribution is -2.24. The fraction of sp³-hybridized carbons (Fsp3) is 0.294. The fourth-order valence-corrected chi connectivity index (χ4v) is 2.70. The number of rotatable bonds is 5. The molecule has 4 heteroatoms. The van der Waals surface area contributed by atoms with Gasteiger partial charge in [-0.2, -0.15) is 0 Å². The minimum atomic E-state index is -0.416. The molecule has 0 amide bonds. The standard InChI is InChI=1S/C17H18ClF2N/c1-3-21-16(14-8-7-13(19)9-11(14)2)10-12-5-4-6-15(20)17(12)18/h4-9,16,21H,3,10H2,1-2H3. The van der Waals surface area contributed by atoms with Crippen molar-refractivity contribution in [3.8, 4) is 0 Å². The van der Waals surface area contributed by atoms with E-state index in [9.17, 15) is 8.78 Å². The van der Waals surface area contributed by atoms with Crippen molar-refractivity contribution in [1.29, 1.82) is 0 Å². The molecular formula is C17H18ClF2N. The molecular weight excluding hydrogens is 292 g/mol. The molecule has 2 aromatic rings. The lowest BCUT2D eigenvalue weighted by atomic mass is 9.95. The van der Waals surface area contributed by atoms with Crippen molar-refractivity contribution in [2.24, 2.45) is 0 Å². The van der Waals surface area contributed by atoms with Crippen LogP contribution in [0, 0.1) is 18.6 Å². The minimum Gasteiger partial charge on any atom is -0.310 e. The van der Waals surface area contributed by atoms with Crippen LogP contribution in [0.4, 0.5) is 8.78 Å². The number of likely N-dealkylation sites (N-methyl/N-ethyl adjacent to an activating group) is 1. The molecule has 0 aliphatic carbocycles. The summed E-state index contributed by atoms with van der Waals surface area (Å²) in [6.45, 7) is 4.63. The summed E-state index contributed by atoms with van der Waals surface area (Å²) >= 11 is 6.03. The van der Waals surface area contributed by atoms with Crippen molar-refractivity contribution in [3.63, 3.8) is 0 Å². The average molecular weight is 310 g/mol. The van der Waals surface area contributed by atoms with Crippen molar-refractivity contribution in [1.82, 2.24) is 5.32 Å². The summed E-state index contributed by atoms with van der Waals surface area (Å²) in [5, 5.41) is 3.50. The quantitative estimate of drug-likeness (QED) is 0.835. The SMILES string of the molecule is CCNC(Cc1cccc(F)c1Cl)c1ccc(F)cc1C. The van der Waals surface area contributed by atoms with Crippen LogP contribution < -0.4 is 5.32 Å². The van der Waals surface area contributed by atoms with Gasteiger partial charge in [-0.05, 0) is 54.8 Å². The van der Waals surface area contributed by atoms with Gasteiger partial charge >= 0.3 is 0 Å². The Hall–Kier alpha value is -1.45. The summed E-state index contributed by atoms with van der Waals surface area (Å²) in [6, 6.07) is 9.50. The molecule has 0 bridgehead atoms. The van der Waals surface area contributed by atoms with Gasteiger partial charge in [0.15, 0.2) is 0 Å². The molecule has 0 saturated carbocycles. The molecule has 1 atom stereocenters. The molecule has 2 rings (SSSR count). The Morgan fingerprint density at radius 2 is 1.95 bits per heavy atom. The zero-order chi connectivity index (χ0) is 15.4. The molecule has 2 aromatic carbocycles. The first-order chi connectivity index (χ1) is 10.0. The highest BCUT2D eigenvalue weighted by atomic mass is 35.5. The molecule has 0 heterocycles. The Bertz CT molecular complexity index is 628. The predicted molar refractivity (Wildman–Crippen MR) is 82.7 cm³/mol. The number of aryl methyl sites for hydroxylation is 1. The first-order valence-corrected chi connectivity index (χ1v) is 7.33. The van der Waals surface area contributed by atoms with Gasteiger partial charge < -0.3 is 5.32 Å². The molecule has 0 fully saturated rings. The normalized spacial score (nSPS) is 12.4. The summed E-state index contributed by atoms with van der Waals surface area (Å²) in [5.41, 5.74) is 2.61. The summed E-state index contributed by atoms with van der Waals surface area (Å²) in [7, 11) is 0. The van der Waals surface area contributed by atoms with Gasteiger partial charge in [-0.3, -0.25) is 0 Å². The molecule has 0 aromatic heterocycles. The maximum Gasteiger partial charge on any atom is 0.142 e. The van der Waals surface area contributed by atoms with E-state index in [-0.39, 0.29) is 16.9 Å². The van der Waals surface area contributed by atoms with Crippen LogP contribution >= 0.6 is 11.6 Å². The summed E-state index contributed by atoms with van der Waals surface area (Å²) in [6.07, 6.45) is 0.552. The Balaban J connectivity index is 2.33. The maximum atomic E-state index is 13.5. The van der Waals surface area contributed by atoms with Crippen LogP contribution in [-0.4, -0.2) is 6.54 Å². The topological polar surface area (TPSA) is 12.0 Å². The molecule has 1 nitrogen and oxygen atoms in total. The molecule has 0 radical (unpaired) electrons. The van der Waals surface area contributed by atoms with E-state index in [0.717, 1.165) is 23.2 Å². The van der Waals surface area contributed by atoms with Crippen LogP contribution in [-0.2, 0) is 6.42 Å². The van der Waals surface area contributed by atoms with Crippen LogP contribution in [0.15, 0.2) is 36.4 Å². The van der Waals surface area contributed by atoms with Gasteiger partial charge in [-0.1, -0.05) is 36.7 Å². The third-order valence-corrected chi connectivity index (χ3v) is 3.94. The first-order valence-electron chi connectivity index (χ1n) is 6.95. The highest BCUT2D eigenvalue weighted by Crippen LogP contribution is 2.27. The van der Waals surface area contributed by atoms with Crippen molar-refractivity contribution in [2.45, 2.75) is 26.3 Å². The van der Waals surface area contributed by atoms with Crippen LogP contribution in [0.3, 0.4) is 0 Å². The maximum absolute atomic E-state index is 13.5. The van der Waals surface area contributed by atoms with E-state index in [2.05, 4.69) is 5.32 Å². The minimum absolute atomic E-state index is 0.0325. The van der Waals surface area contributed by atoms with Crippen molar-refractivity contribution in [2.75, 3.05) is 6.54 Å². The van der Waals surface area contributed by atoms with Gasteiger partial charge in [0.05, 0.1) is 5.02 Å². The van der Waals surface area contributed by atoms with Gasteiger partial charge in [0, 0.05) is 6.04 Å². The largest absolute Gasteiger partial charge is 0.310 e. The highest BCUT2D eigenvalue weighted by Gasteiger charge is 2.16. The number of nitrogens with one attached hydrogen (secondary N) is 1. The zero-order valence-electron chi connectivity index (χ0n) is 12.1. The van der Waals surface area contributed by atoms with Crippen LogP contribution in [0.5, 0.6) is 0 Å². The second kappa shape index (κ2) is 7.01. The van der Waals surface area contributed by atoms with Crippen molar-refractivity contribution in [3.05, 3.63) is 69.7 Å². The molecule has 1 N–H and O–H groups in total. The number of hydrogen-bond donors (Lipinski definition) is 1. The molecule has 0 aliphatic heterocycles. The van der Waals surface area contributed by atoms with Gasteiger partial charge in [0.1, 0.15) is 11.6 Å². The first kappa shape index (κ1) is 15.9. The second-order valence-corrected chi connectivity index (χ2v) is 5.41. The third kappa shape index (κ3) is 3.80. The van der Waals surface area contributed by atoms with Gasteiger partial charge in [-0.25, -0.2) is 8.78 Å². The number of halogens is 3. The van der Waals surface area contributed by atoms with E-state index in [1.54, 1.807) is 12.1 Å². The zero-order valence-corrected chi connectivity index (χ0v) is 12.8. The lowest BCUT2D eigenvalue weighted by Gasteiger charge is -2.21. The van der Waals surface area contributed by atoms with E-state index in [0.29, 0.717) is 6.42 Å². The molecule has 1 unspecified atom stereocenters. The van der Waals surface area contributed by atoms with Gasteiger partial charge in [-0.15, -0.1) is 0 Å². The fourth-order valence-electron chi connectivity index (χ4n) is 2.49. The second-order valence-electron chi connectivity index (χ2n) is 5.03. The van der Waals surface area contributed by atoms with E-state index >= 15 is 0 Å². The van der Waals surface area contributed by atoms with Crippen LogP contribution in [0.2, 0.25) is 5.02 Å². The van der Waals surface area contributed by atoms with E-state index in [1.807, 2.05) is 19.9 Å².